The molecule has 0 saturated heterocycles. The Morgan fingerprint density at radius 3 is 2.33 bits per heavy atom. The zero-order valence-corrected chi connectivity index (χ0v) is 16.7. The highest BCUT2D eigenvalue weighted by Crippen LogP contribution is 2.31. The molecule has 0 spiro atoms. The monoisotopic (exact) mass is 414 g/mol. The molecule has 3 rings (SSSR count). The number of nitrogens with zero attached hydrogens (tertiary/aromatic N) is 4. The summed E-state index contributed by atoms with van der Waals surface area (Å²) in [6, 6.07) is 9.74. The highest BCUT2D eigenvalue weighted by Gasteiger charge is 2.24. The van der Waals surface area contributed by atoms with E-state index in [-0.39, 0.29) is 5.69 Å². The highest BCUT2D eigenvalue weighted by molar-refractivity contribution is 6.05. The number of carbonyl (C=O) groups excluding carboxylic acids is 1. The largest absolute Gasteiger partial charge is 0.497 e. The van der Waals surface area contributed by atoms with Crippen molar-refractivity contribution in [1.29, 1.82) is 0 Å². The number of amides is 1. The molecule has 0 radical (unpaired) electrons. The second-order valence-corrected chi connectivity index (χ2v) is 6.29. The van der Waals surface area contributed by atoms with Crippen LogP contribution in [-0.4, -0.2) is 41.5 Å². The van der Waals surface area contributed by atoms with Crippen LogP contribution in [0.5, 0.6) is 11.5 Å². The van der Waals surface area contributed by atoms with E-state index in [1.165, 1.54) is 45.3 Å². The maximum atomic E-state index is 13.2. The first-order chi connectivity index (χ1) is 14.3. The van der Waals surface area contributed by atoms with Gasteiger partial charge in [0.25, 0.3) is 11.5 Å². The summed E-state index contributed by atoms with van der Waals surface area (Å²) in [4.78, 5) is 39.3. The van der Waals surface area contributed by atoms with Crippen LogP contribution in [0.2, 0.25) is 0 Å². The van der Waals surface area contributed by atoms with Crippen molar-refractivity contribution in [1.82, 2.24) is 14.3 Å². The molecule has 9 nitrogen and oxygen atoms in total. The van der Waals surface area contributed by atoms with E-state index < -0.39 is 28.7 Å². The van der Waals surface area contributed by atoms with Gasteiger partial charge in [-0.3, -0.25) is 14.2 Å². The zero-order chi connectivity index (χ0) is 22.0. The van der Waals surface area contributed by atoms with Gasteiger partial charge in [-0.2, -0.15) is 9.78 Å². The van der Waals surface area contributed by atoms with Crippen LogP contribution in [0, 0.1) is 5.82 Å². The first kappa shape index (κ1) is 20.8. The molecule has 0 aliphatic heterocycles. The summed E-state index contributed by atoms with van der Waals surface area (Å²) < 4.78 is 25.3. The van der Waals surface area contributed by atoms with Gasteiger partial charge in [0.15, 0.2) is 0 Å². The third-order valence-electron chi connectivity index (χ3n) is 4.50. The summed E-state index contributed by atoms with van der Waals surface area (Å²) in [5.74, 6) is -0.390. The molecule has 0 saturated carbocycles. The molecule has 156 valence electrons. The lowest BCUT2D eigenvalue weighted by molar-refractivity contribution is 0.0983. The van der Waals surface area contributed by atoms with E-state index in [1.807, 2.05) is 0 Å². The summed E-state index contributed by atoms with van der Waals surface area (Å²) >= 11 is 0. The smallest absolute Gasteiger partial charge is 0.351 e. The maximum absolute atomic E-state index is 13.2. The molecule has 0 N–H and O–H groups in total. The second kappa shape index (κ2) is 8.19. The standard InChI is InChI=1S/C20H19FN4O5/c1-23(15-10-9-14(29-3)11-16(15)30-4)18(26)17-19(27)24(2)20(28)25(22-17)13-7-5-12(21)6-8-13/h5-11H,1-4H3. The van der Waals surface area contributed by atoms with Crippen molar-refractivity contribution in [2.75, 3.05) is 26.2 Å². The number of halogens is 1. The Labute approximate surface area is 170 Å². The number of aromatic nitrogens is 3. The van der Waals surface area contributed by atoms with Crippen LogP contribution in [0.3, 0.4) is 0 Å². The molecule has 1 heterocycles. The highest BCUT2D eigenvalue weighted by atomic mass is 19.1. The van der Waals surface area contributed by atoms with Gasteiger partial charge >= 0.3 is 5.69 Å². The summed E-state index contributed by atoms with van der Waals surface area (Å²) in [5, 5.41) is 3.96. The number of methoxy groups -OCH3 is 2. The summed E-state index contributed by atoms with van der Waals surface area (Å²) in [5.41, 5.74) is -1.54. The SMILES string of the molecule is COc1ccc(N(C)C(=O)c2nn(-c3ccc(F)cc3)c(=O)n(C)c2=O)c(OC)c1. The van der Waals surface area contributed by atoms with Crippen LogP contribution >= 0.6 is 0 Å². The van der Waals surface area contributed by atoms with E-state index in [9.17, 15) is 18.8 Å². The van der Waals surface area contributed by atoms with Crippen molar-refractivity contribution >= 4 is 11.6 Å². The number of carbonyl (C=O) groups is 1. The third-order valence-corrected chi connectivity index (χ3v) is 4.50. The lowest BCUT2D eigenvalue weighted by Gasteiger charge is -2.20. The number of rotatable bonds is 5. The summed E-state index contributed by atoms with van der Waals surface area (Å²) in [6.07, 6.45) is 0. The molecule has 10 heteroatoms. The van der Waals surface area contributed by atoms with Gasteiger partial charge in [0.1, 0.15) is 17.3 Å². The zero-order valence-electron chi connectivity index (χ0n) is 16.7. The van der Waals surface area contributed by atoms with Crippen molar-refractivity contribution in [3.05, 3.63) is 74.8 Å². The minimum Gasteiger partial charge on any atom is -0.497 e. The van der Waals surface area contributed by atoms with E-state index in [0.717, 1.165) is 21.4 Å². The van der Waals surface area contributed by atoms with Crippen LogP contribution in [0.4, 0.5) is 10.1 Å². The number of hydrogen-bond acceptors (Lipinski definition) is 6. The first-order valence-electron chi connectivity index (χ1n) is 8.75. The van der Waals surface area contributed by atoms with E-state index in [2.05, 4.69) is 5.10 Å². The average Bonchev–Trinajstić information content (AvgIpc) is 2.77. The van der Waals surface area contributed by atoms with Crippen molar-refractivity contribution in [2.45, 2.75) is 0 Å². The van der Waals surface area contributed by atoms with Crippen LogP contribution in [0.1, 0.15) is 10.5 Å². The minimum absolute atomic E-state index is 0.204. The van der Waals surface area contributed by atoms with Gasteiger partial charge in [-0.15, -0.1) is 0 Å². The average molecular weight is 414 g/mol. The topological polar surface area (TPSA) is 95.7 Å². The van der Waals surface area contributed by atoms with E-state index in [1.54, 1.807) is 18.2 Å². The predicted molar refractivity (Wildman–Crippen MR) is 107 cm³/mol. The molecule has 0 aliphatic rings. The fourth-order valence-corrected chi connectivity index (χ4v) is 2.79. The molecule has 0 aliphatic carbocycles. The Hall–Kier alpha value is -3.95. The minimum atomic E-state index is -0.859. The van der Waals surface area contributed by atoms with Crippen LogP contribution in [0.15, 0.2) is 52.1 Å². The van der Waals surface area contributed by atoms with Gasteiger partial charge in [-0.1, -0.05) is 0 Å². The lowest BCUT2D eigenvalue weighted by atomic mass is 10.2. The molecule has 1 amide bonds. The summed E-state index contributed by atoms with van der Waals surface area (Å²) in [7, 11) is 5.61. The number of ether oxygens (including phenoxy) is 2. The van der Waals surface area contributed by atoms with E-state index in [0.29, 0.717) is 17.2 Å². The Kier molecular flexibility index (Phi) is 5.67. The molecule has 0 fully saturated rings. The Morgan fingerprint density at radius 2 is 1.73 bits per heavy atom. The van der Waals surface area contributed by atoms with Crippen LogP contribution < -0.4 is 25.6 Å². The third kappa shape index (κ3) is 3.66. The van der Waals surface area contributed by atoms with Gasteiger partial charge in [0.2, 0.25) is 5.69 Å². The molecular weight excluding hydrogens is 395 g/mol. The van der Waals surface area contributed by atoms with Crippen LogP contribution in [0.25, 0.3) is 5.69 Å². The second-order valence-electron chi connectivity index (χ2n) is 6.29. The Morgan fingerprint density at radius 1 is 1.07 bits per heavy atom. The predicted octanol–water partition coefficient (Wildman–Crippen LogP) is 1.36. The molecule has 0 bridgehead atoms. The van der Waals surface area contributed by atoms with Gasteiger partial charge in [0, 0.05) is 20.2 Å². The fraction of sp³-hybridized carbons (Fsp3) is 0.200. The maximum Gasteiger partial charge on any atom is 0.351 e. The van der Waals surface area contributed by atoms with Crippen molar-refractivity contribution in [3.8, 4) is 17.2 Å². The molecule has 30 heavy (non-hydrogen) atoms. The van der Waals surface area contributed by atoms with Gasteiger partial charge in [-0.05, 0) is 36.4 Å². The Balaban J connectivity index is 2.11. The number of benzene rings is 2. The van der Waals surface area contributed by atoms with Gasteiger partial charge in [-0.25, -0.2) is 9.18 Å². The molecule has 0 atom stereocenters. The number of hydrogen-bond donors (Lipinski definition) is 0. The van der Waals surface area contributed by atoms with E-state index in [4.69, 9.17) is 9.47 Å². The van der Waals surface area contributed by atoms with Crippen molar-refractivity contribution < 1.29 is 18.7 Å². The first-order valence-corrected chi connectivity index (χ1v) is 8.75. The van der Waals surface area contributed by atoms with Crippen LogP contribution in [-0.2, 0) is 7.05 Å². The number of anilines is 1. The quantitative estimate of drug-likeness (QED) is 0.626. The Bertz CT molecular complexity index is 1220. The molecule has 2 aromatic carbocycles. The molecule has 0 unspecified atom stereocenters. The molecule has 1 aromatic heterocycles. The fourth-order valence-electron chi connectivity index (χ4n) is 2.79. The summed E-state index contributed by atoms with van der Waals surface area (Å²) in [6.45, 7) is 0. The van der Waals surface area contributed by atoms with Gasteiger partial charge < -0.3 is 14.4 Å². The van der Waals surface area contributed by atoms with E-state index >= 15 is 0 Å². The van der Waals surface area contributed by atoms with Crippen molar-refractivity contribution in [3.63, 3.8) is 0 Å². The molecule has 3 aromatic rings. The molecular formula is C20H19FN4O5. The van der Waals surface area contributed by atoms with Crippen molar-refractivity contribution in [2.24, 2.45) is 7.05 Å². The lowest BCUT2D eigenvalue weighted by Crippen LogP contribution is -2.45. The normalized spacial score (nSPS) is 10.6. The van der Waals surface area contributed by atoms with Gasteiger partial charge in [0.05, 0.1) is 25.6 Å².